The number of para-hydroxylation sites is 1. The Morgan fingerprint density at radius 2 is 1.96 bits per heavy atom. The van der Waals surface area contributed by atoms with Crippen LogP contribution in [-0.4, -0.2) is 15.5 Å². The molecule has 4 rings (SSSR count). The van der Waals surface area contributed by atoms with Crippen LogP contribution in [0.15, 0.2) is 71.0 Å². The summed E-state index contributed by atoms with van der Waals surface area (Å²) in [5.74, 6) is 0.0969. The summed E-state index contributed by atoms with van der Waals surface area (Å²) in [6, 6.07) is 14.3. The van der Waals surface area contributed by atoms with Gasteiger partial charge in [0.15, 0.2) is 0 Å². The highest BCUT2D eigenvalue weighted by Gasteiger charge is 2.27. The lowest BCUT2D eigenvalue weighted by Gasteiger charge is -2.31. The zero-order valence-electron chi connectivity index (χ0n) is 12.7. The molecule has 0 N–H and O–H groups in total. The van der Waals surface area contributed by atoms with Crippen LogP contribution < -0.4 is 4.90 Å². The van der Waals surface area contributed by atoms with Crippen LogP contribution in [0.3, 0.4) is 0 Å². The maximum atomic E-state index is 13.0. The molecule has 24 heavy (non-hydrogen) atoms. The molecule has 2 heterocycles. The highest BCUT2D eigenvalue weighted by atomic mass is 127. The molecule has 120 valence electrons. The average Bonchev–Trinajstić information content (AvgIpc) is 3.11. The van der Waals surface area contributed by atoms with E-state index in [0.29, 0.717) is 13.0 Å². The summed E-state index contributed by atoms with van der Waals surface area (Å²) >= 11 is 4.00. The van der Waals surface area contributed by atoms with Crippen LogP contribution in [-0.2, 0) is 11.3 Å². The fourth-order valence-corrected chi connectivity index (χ4v) is 4.27. The summed E-state index contributed by atoms with van der Waals surface area (Å²) in [6.07, 6.45) is 5.78. The van der Waals surface area contributed by atoms with Crippen LogP contribution in [0.2, 0.25) is 0 Å². The Kier molecular flexibility index (Phi) is 4.32. The van der Waals surface area contributed by atoms with Gasteiger partial charge in [0.25, 0.3) is 0 Å². The predicted octanol–water partition coefficient (Wildman–Crippen LogP) is 4.71. The lowest BCUT2D eigenvalue weighted by Crippen LogP contribution is -2.29. The number of imidazole rings is 1. The van der Waals surface area contributed by atoms with Gasteiger partial charge >= 0.3 is 0 Å². The molecule has 0 unspecified atom stereocenters. The molecule has 0 spiro atoms. The number of carbonyl (C=O) groups excluding carboxylic acids is 1. The van der Waals surface area contributed by atoms with Crippen molar-refractivity contribution in [3.63, 3.8) is 0 Å². The number of aromatic nitrogens is 2. The highest BCUT2D eigenvalue weighted by molar-refractivity contribution is 14.1. The third kappa shape index (κ3) is 2.95. The van der Waals surface area contributed by atoms with Crippen molar-refractivity contribution in [2.75, 3.05) is 4.90 Å². The Morgan fingerprint density at radius 3 is 2.79 bits per heavy atom. The molecule has 0 saturated carbocycles. The summed E-state index contributed by atoms with van der Waals surface area (Å²) < 4.78 is 3.05. The highest BCUT2D eigenvalue weighted by Crippen LogP contribution is 2.48. The van der Waals surface area contributed by atoms with Gasteiger partial charge in [-0.25, -0.2) is 4.98 Å². The van der Waals surface area contributed by atoms with Crippen molar-refractivity contribution >= 4 is 51.6 Å². The van der Waals surface area contributed by atoms with Crippen molar-refractivity contribution in [3.05, 3.63) is 64.8 Å². The van der Waals surface area contributed by atoms with Gasteiger partial charge < -0.3 is 4.57 Å². The molecule has 3 aromatic rings. The number of carbonyl (C=O) groups is 1. The van der Waals surface area contributed by atoms with Crippen LogP contribution in [0.4, 0.5) is 11.4 Å². The minimum absolute atomic E-state index is 0.0969. The number of nitrogens with zero attached hydrogens (tertiary/aromatic N) is 3. The quantitative estimate of drug-likeness (QED) is 0.546. The maximum absolute atomic E-state index is 13.0. The number of rotatable bonds is 3. The first kappa shape index (κ1) is 15.7. The summed E-state index contributed by atoms with van der Waals surface area (Å²) in [4.78, 5) is 21.1. The molecule has 1 aliphatic heterocycles. The van der Waals surface area contributed by atoms with E-state index in [4.69, 9.17) is 0 Å². The van der Waals surface area contributed by atoms with Gasteiger partial charge in [0.1, 0.15) is 0 Å². The smallest absolute Gasteiger partial charge is 0.233 e. The molecule has 0 atom stereocenters. The van der Waals surface area contributed by atoms with Crippen LogP contribution in [0, 0.1) is 3.57 Å². The van der Waals surface area contributed by atoms with Crippen LogP contribution in [0.5, 0.6) is 0 Å². The number of amides is 1. The summed E-state index contributed by atoms with van der Waals surface area (Å²) in [6.45, 7) is 0.629. The molecule has 0 fully saturated rings. The van der Waals surface area contributed by atoms with Gasteiger partial charge in [-0.1, -0.05) is 23.9 Å². The largest absolute Gasteiger partial charge is 0.337 e. The number of hydrogen-bond acceptors (Lipinski definition) is 3. The third-order valence-corrected chi connectivity index (χ3v) is 5.68. The van der Waals surface area contributed by atoms with Gasteiger partial charge in [-0.15, -0.1) is 0 Å². The number of fused-ring (bicyclic) bond motifs is 2. The number of halogens is 1. The van der Waals surface area contributed by atoms with E-state index in [1.165, 1.54) is 0 Å². The fraction of sp³-hybridized carbons (Fsp3) is 0.111. The Labute approximate surface area is 158 Å². The Bertz CT molecular complexity index is 895. The van der Waals surface area contributed by atoms with E-state index in [1.807, 2.05) is 33.9 Å². The Morgan fingerprint density at radius 1 is 1.12 bits per heavy atom. The molecule has 4 nitrogen and oxygen atoms in total. The Balaban J connectivity index is 1.70. The van der Waals surface area contributed by atoms with Crippen LogP contribution in [0.1, 0.15) is 6.42 Å². The molecule has 6 heteroatoms. The summed E-state index contributed by atoms with van der Waals surface area (Å²) in [7, 11) is 0. The topological polar surface area (TPSA) is 38.1 Å². The second-order valence-electron chi connectivity index (χ2n) is 5.46. The average molecular weight is 447 g/mol. The van der Waals surface area contributed by atoms with E-state index in [1.54, 1.807) is 24.3 Å². The SMILES string of the molecule is O=C(CCn1ccnc1)N1c2ccccc2Sc2ccc(I)cc21. The van der Waals surface area contributed by atoms with E-state index in [9.17, 15) is 4.79 Å². The van der Waals surface area contributed by atoms with Crippen molar-refractivity contribution in [1.82, 2.24) is 9.55 Å². The van der Waals surface area contributed by atoms with E-state index < -0.39 is 0 Å². The molecule has 0 aliphatic carbocycles. The van der Waals surface area contributed by atoms with Crippen LogP contribution in [0.25, 0.3) is 0 Å². The first-order valence-electron chi connectivity index (χ1n) is 7.57. The van der Waals surface area contributed by atoms with Gasteiger partial charge in [0.2, 0.25) is 5.91 Å². The molecule has 0 saturated heterocycles. The second kappa shape index (κ2) is 6.60. The molecule has 1 amide bonds. The predicted molar refractivity (Wildman–Crippen MR) is 104 cm³/mol. The Hall–Kier alpha value is -1.80. The molecular weight excluding hydrogens is 433 g/mol. The first-order valence-corrected chi connectivity index (χ1v) is 9.47. The van der Waals surface area contributed by atoms with E-state index >= 15 is 0 Å². The zero-order valence-corrected chi connectivity index (χ0v) is 15.7. The van der Waals surface area contributed by atoms with Crippen molar-refractivity contribution < 1.29 is 4.79 Å². The zero-order chi connectivity index (χ0) is 16.5. The molecule has 0 radical (unpaired) electrons. The summed E-state index contributed by atoms with van der Waals surface area (Å²) in [5.41, 5.74) is 1.94. The van der Waals surface area contributed by atoms with E-state index in [0.717, 1.165) is 24.7 Å². The van der Waals surface area contributed by atoms with Gasteiger partial charge in [0.05, 0.1) is 17.7 Å². The standard InChI is InChI=1S/C18H14IN3OS/c19-13-5-6-17-15(11-13)22(14-3-1-2-4-16(14)24-17)18(23)7-9-21-10-8-20-12-21/h1-6,8,10-12H,7,9H2. The first-order chi connectivity index (χ1) is 11.7. The monoisotopic (exact) mass is 447 g/mol. The van der Waals surface area contributed by atoms with Crippen molar-refractivity contribution in [1.29, 1.82) is 0 Å². The third-order valence-electron chi connectivity index (χ3n) is 3.88. The number of benzene rings is 2. The van der Waals surface area contributed by atoms with Gasteiger partial charge in [-0.3, -0.25) is 9.69 Å². The molecule has 0 bridgehead atoms. The molecular formula is C18H14IN3OS. The van der Waals surface area contributed by atoms with Crippen molar-refractivity contribution in [2.24, 2.45) is 0 Å². The summed E-state index contributed by atoms with van der Waals surface area (Å²) in [5, 5.41) is 0. The van der Waals surface area contributed by atoms with E-state index in [-0.39, 0.29) is 5.91 Å². The molecule has 1 aromatic heterocycles. The lowest BCUT2D eigenvalue weighted by molar-refractivity contribution is -0.118. The minimum Gasteiger partial charge on any atom is -0.337 e. The van der Waals surface area contributed by atoms with E-state index in [2.05, 4.69) is 51.8 Å². The van der Waals surface area contributed by atoms with Crippen LogP contribution >= 0.6 is 34.4 Å². The normalized spacial score (nSPS) is 12.6. The lowest BCUT2D eigenvalue weighted by atomic mass is 10.2. The minimum atomic E-state index is 0.0969. The van der Waals surface area contributed by atoms with Crippen molar-refractivity contribution in [2.45, 2.75) is 22.8 Å². The van der Waals surface area contributed by atoms with Gasteiger partial charge in [0, 0.05) is 38.7 Å². The number of hydrogen-bond donors (Lipinski definition) is 0. The number of aryl methyl sites for hydroxylation is 1. The molecule has 2 aromatic carbocycles. The second-order valence-corrected chi connectivity index (χ2v) is 7.79. The van der Waals surface area contributed by atoms with Gasteiger partial charge in [-0.2, -0.15) is 0 Å². The fourth-order valence-electron chi connectivity index (χ4n) is 2.75. The van der Waals surface area contributed by atoms with Gasteiger partial charge in [-0.05, 0) is 52.9 Å². The number of anilines is 2. The maximum Gasteiger partial charge on any atom is 0.233 e. The molecule has 1 aliphatic rings. The van der Waals surface area contributed by atoms with Crippen molar-refractivity contribution in [3.8, 4) is 0 Å².